The van der Waals surface area contributed by atoms with Crippen LogP contribution in [0.2, 0.25) is 0 Å². The number of aryl methyl sites for hydroxylation is 1. The number of nitrogens with one attached hydrogen (secondary N) is 1. The van der Waals surface area contributed by atoms with Gasteiger partial charge in [-0.25, -0.2) is 0 Å². The Morgan fingerprint density at radius 3 is 2.53 bits per heavy atom. The molecule has 0 unspecified atom stereocenters. The molecular weight excluding hydrogens is 402 g/mol. The summed E-state index contributed by atoms with van der Waals surface area (Å²) in [5, 5.41) is 5.76. The summed E-state index contributed by atoms with van der Waals surface area (Å²) in [4.78, 5) is 17.8. The first kappa shape index (κ1) is 20.0. The molecule has 2 aromatic heterocycles. The minimum absolute atomic E-state index is 0.209. The molecule has 0 aliphatic heterocycles. The minimum atomic E-state index is -3.69. The molecule has 0 aliphatic carbocycles. The van der Waals surface area contributed by atoms with Gasteiger partial charge in [-0.2, -0.15) is 18.2 Å². The first-order valence-corrected chi connectivity index (χ1v) is 10.8. The van der Waals surface area contributed by atoms with Crippen LogP contribution < -0.4 is 14.5 Å². The lowest BCUT2D eigenvalue weighted by Gasteiger charge is -2.19. The summed E-state index contributed by atoms with van der Waals surface area (Å²) in [7, 11) is -0.411. The van der Waals surface area contributed by atoms with Crippen LogP contribution in [0.5, 0.6) is 0 Å². The topological polar surface area (TPSA) is 97.2 Å². The molecule has 0 aliphatic rings. The molecule has 30 heavy (non-hydrogen) atoms. The average molecular weight is 423 g/mol. The Morgan fingerprint density at radius 2 is 1.83 bits per heavy atom. The second-order valence-corrected chi connectivity index (χ2v) is 8.75. The van der Waals surface area contributed by atoms with Gasteiger partial charge < -0.3 is 0 Å². The second kappa shape index (κ2) is 7.51. The molecule has 0 saturated heterocycles. The molecular formula is C21H21N5O3S. The standard InChI is InChI=1S/C21H21N5O3S/c1-4-24-30(28,29)26(3)17-7-5-14-6-8-20-19(21(27)18(14)10-17)9-15(11-22-20)16-12-23-25(2)13-16/h5-13,24H,4H2,1-3H3. The van der Waals surface area contributed by atoms with Gasteiger partial charge in [0, 0.05) is 54.9 Å². The van der Waals surface area contributed by atoms with Crippen molar-refractivity contribution in [3.63, 3.8) is 0 Å². The highest BCUT2D eigenvalue weighted by Crippen LogP contribution is 2.24. The van der Waals surface area contributed by atoms with E-state index in [1.54, 1.807) is 54.3 Å². The molecule has 0 fully saturated rings. The molecule has 0 bridgehead atoms. The molecule has 4 aromatic rings. The fraction of sp³-hybridized carbons (Fsp3) is 0.190. The lowest BCUT2D eigenvalue weighted by Crippen LogP contribution is -2.38. The summed E-state index contributed by atoms with van der Waals surface area (Å²) in [6.07, 6.45) is 5.28. The number of aromatic nitrogens is 3. The molecule has 0 amide bonds. The van der Waals surface area contributed by atoms with Crippen molar-refractivity contribution in [2.24, 2.45) is 7.05 Å². The number of pyridine rings is 1. The summed E-state index contributed by atoms with van der Waals surface area (Å²) in [6.45, 7) is 1.98. The van der Waals surface area contributed by atoms with Crippen LogP contribution in [-0.4, -0.2) is 36.8 Å². The lowest BCUT2D eigenvalue weighted by atomic mass is 10.1. The summed E-state index contributed by atoms with van der Waals surface area (Å²) in [5.74, 6) is 0. The highest BCUT2D eigenvalue weighted by atomic mass is 32.2. The van der Waals surface area contributed by atoms with Gasteiger partial charge in [-0.05, 0) is 29.7 Å². The van der Waals surface area contributed by atoms with E-state index in [0.717, 1.165) is 15.4 Å². The number of fused-ring (bicyclic) bond motifs is 2. The third kappa shape index (κ3) is 3.53. The minimum Gasteiger partial charge on any atom is -0.289 e. The van der Waals surface area contributed by atoms with Crippen LogP contribution in [0.25, 0.3) is 32.8 Å². The number of rotatable bonds is 5. The van der Waals surface area contributed by atoms with Crippen LogP contribution in [0.4, 0.5) is 5.69 Å². The number of hydrogen-bond acceptors (Lipinski definition) is 5. The van der Waals surface area contributed by atoms with Crippen LogP contribution >= 0.6 is 0 Å². The van der Waals surface area contributed by atoms with Crippen LogP contribution in [-0.2, 0) is 17.3 Å². The summed E-state index contributed by atoms with van der Waals surface area (Å²) in [5.41, 5.74) is 2.41. The predicted octanol–water partition coefficient (Wildman–Crippen LogP) is 2.44. The highest BCUT2D eigenvalue weighted by molar-refractivity contribution is 7.90. The van der Waals surface area contributed by atoms with Gasteiger partial charge in [0.25, 0.3) is 0 Å². The van der Waals surface area contributed by atoms with Gasteiger partial charge in [0.05, 0.1) is 17.4 Å². The highest BCUT2D eigenvalue weighted by Gasteiger charge is 2.17. The molecule has 0 saturated carbocycles. The summed E-state index contributed by atoms with van der Waals surface area (Å²) in [6, 6.07) is 10.4. The van der Waals surface area contributed by atoms with Crippen LogP contribution in [0, 0.1) is 0 Å². The van der Waals surface area contributed by atoms with E-state index >= 15 is 0 Å². The van der Waals surface area contributed by atoms with Crippen molar-refractivity contribution < 1.29 is 8.42 Å². The first-order chi connectivity index (χ1) is 14.3. The maximum absolute atomic E-state index is 13.4. The van der Waals surface area contributed by atoms with Gasteiger partial charge in [0.1, 0.15) is 0 Å². The molecule has 1 N–H and O–H groups in total. The zero-order valence-corrected chi connectivity index (χ0v) is 17.6. The molecule has 0 radical (unpaired) electrons. The van der Waals surface area contributed by atoms with Gasteiger partial charge in [0.2, 0.25) is 0 Å². The van der Waals surface area contributed by atoms with Crippen molar-refractivity contribution in [2.75, 3.05) is 17.9 Å². The molecule has 154 valence electrons. The monoisotopic (exact) mass is 423 g/mol. The Balaban J connectivity index is 1.93. The van der Waals surface area contributed by atoms with E-state index < -0.39 is 10.2 Å². The van der Waals surface area contributed by atoms with Crippen molar-refractivity contribution in [1.29, 1.82) is 0 Å². The lowest BCUT2D eigenvalue weighted by molar-refractivity contribution is 0.582. The SMILES string of the molecule is CCNS(=O)(=O)N(C)c1ccc2ccc3ncc(-c4cnn(C)c4)cc3c(=O)c2c1. The number of benzene rings is 1. The molecule has 8 nitrogen and oxygen atoms in total. The van der Waals surface area contributed by atoms with E-state index in [-0.39, 0.29) is 12.0 Å². The zero-order chi connectivity index (χ0) is 21.5. The van der Waals surface area contributed by atoms with Crippen molar-refractivity contribution in [2.45, 2.75) is 6.92 Å². The third-order valence-electron chi connectivity index (χ3n) is 4.95. The fourth-order valence-electron chi connectivity index (χ4n) is 3.33. The summed E-state index contributed by atoms with van der Waals surface area (Å²) >= 11 is 0. The smallest absolute Gasteiger partial charge is 0.289 e. The first-order valence-electron chi connectivity index (χ1n) is 9.39. The van der Waals surface area contributed by atoms with E-state index in [2.05, 4.69) is 14.8 Å². The van der Waals surface area contributed by atoms with Gasteiger partial charge in [0.15, 0.2) is 5.43 Å². The Bertz CT molecular complexity index is 1430. The van der Waals surface area contributed by atoms with E-state index in [0.29, 0.717) is 27.4 Å². The van der Waals surface area contributed by atoms with Crippen molar-refractivity contribution >= 4 is 37.6 Å². The normalized spacial score (nSPS) is 11.8. The molecule has 0 atom stereocenters. The van der Waals surface area contributed by atoms with E-state index in [1.165, 1.54) is 7.05 Å². The summed E-state index contributed by atoms with van der Waals surface area (Å²) < 4.78 is 30.0. The Kier molecular flexibility index (Phi) is 5.00. The number of hydrogen-bond donors (Lipinski definition) is 1. The third-order valence-corrected chi connectivity index (χ3v) is 6.54. The van der Waals surface area contributed by atoms with E-state index in [4.69, 9.17) is 0 Å². The van der Waals surface area contributed by atoms with Gasteiger partial charge in [-0.1, -0.05) is 19.1 Å². The van der Waals surface area contributed by atoms with E-state index in [9.17, 15) is 13.2 Å². The van der Waals surface area contributed by atoms with Gasteiger partial charge >= 0.3 is 10.2 Å². The van der Waals surface area contributed by atoms with Crippen molar-refractivity contribution in [3.8, 4) is 11.1 Å². The Morgan fingerprint density at radius 1 is 1.07 bits per heavy atom. The zero-order valence-electron chi connectivity index (χ0n) is 16.8. The number of nitrogens with zero attached hydrogens (tertiary/aromatic N) is 4. The Labute approximate surface area is 174 Å². The predicted molar refractivity (Wildman–Crippen MR) is 119 cm³/mol. The molecule has 4 rings (SSSR count). The maximum Gasteiger partial charge on any atom is 0.301 e. The van der Waals surface area contributed by atoms with E-state index in [1.807, 2.05) is 19.3 Å². The van der Waals surface area contributed by atoms with Crippen molar-refractivity contribution in [1.82, 2.24) is 19.5 Å². The molecule has 2 heterocycles. The Hall–Kier alpha value is -3.30. The van der Waals surface area contributed by atoms with Crippen molar-refractivity contribution in [3.05, 3.63) is 65.2 Å². The van der Waals surface area contributed by atoms with Crippen LogP contribution in [0.15, 0.2) is 59.8 Å². The largest absolute Gasteiger partial charge is 0.301 e. The molecule has 9 heteroatoms. The molecule has 2 aromatic carbocycles. The average Bonchev–Trinajstić information content (AvgIpc) is 3.11. The van der Waals surface area contributed by atoms with Gasteiger partial charge in [-0.3, -0.25) is 18.8 Å². The number of anilines is 1. The second-order valence-electron chi connectivity index (χ2n) is 6.96. The maximum atomic E-state index is 13.4. The quantitative estimate of drug-likeness (QED) is 0.532. The van der Waals surface area contributed by atoms with Crippen LogP contribution in [0.3, 0.4) is 0 Å². The fourth-order valence-corrected chi connectivity index (χ4v) is 4.28. The van der Waals surface area contributed by atoms with Gasteiger partial charge in [-0.15, -0.1) is 0 Å². The molecule has 0 spiro atoms. The van der Waals surface area contributed by atoms with Crippen LogP contribution in [0.1, 0.15) is 6.92 Å².